The average Bonchev–Trinajstić information content (AvgIpc) is 2.96. The van der Waals surface area contributed by atoms with Crippen LogP contribution in [-0.4, -0.2) is 34.8 Å². The fraction of sp³-hybridized carbons (Fsp3) is 0.176. The second-order valence-electron chi connectivity index (χ2n) is 4.91. The summed E-state index contributed by atoms with van der Waals surface area (Å²) in [5.74, 6) is 0.944. The van der Waals surface area contributed by atoms with Crippen molar-refractivity contribution in [1.29, 1.82) is 0 Å². The molecule has 1 saturated heterocycles. The van der Waals surface area contributed by atoms with Gasteiger partial charge in [-0.15, -0.1) is 0 Å². The first-order valence-corrected chi connectivity index (χ1v) is 8.16. The number of amidine groups is 1. The lowest BCUT2D eigenvalue weighted by Crippen LogP contribution is -2.33. The lowest BCUT2D eigenvalue weighted by atomic mass is 10.3. The maximum atomic E-state index is 12.1. The number of anilines is 1. The van der Waals surface area contributed by atoms with Crippen molar-refractivity contribution < 1.29 is 4.79 Å². The van der Waals surface area contributed by atoms with Crippen LogP contribution in [0.3, 0.4) is 0 Å². The van der Waals surface area contributed by atoms with Crippen LogP contribution in [0.25, 0.3) is 0 Å². The number of aliphatic imine (C=N–C) groups is 1. The number of nitrogens with one attached hydrogen (secondary N) is 1. The van der Waals surface area contributed by atoms with Crippen molar-refractivity contribution in [2.75, 3.05) is 24.2 Å². The smallest absolute Gasteiger partial charge is 0.243 e. The minimum Gasteiger partial charge on any atom is -0.341 e. The van der Waals surface area contributed by atoms with Crippen LogP contribution in [0.2, 0.25) is 0 Å². The molecule has 3 rings (SSSR count). The molecule has 1 N–H and O–H groups in total. The average molecular weight is 311 g/mol. The van der Waals surface area contributed by atoms with Gasteiger partial charge in [-0.2, -0.15) is 0 Å². The highest BCUT2D eigenvalue weighted by Gasteiger charge is 2.21. The van der Waals surface area contributed by atoms with Gasteiger partial charge in [0, 0.05) is 18.0 Å². The molecule has 2 aromatic carbocycles. The molecule has 5 heteroatoms. The Kier molecular flexibility index (Phi) is 4.75. The number of para-hydroxylation sites is 2. The molecule has 1 aliphatic heterocycles. The Morgan fingerprint density at radius 2 is 1.77 bits per heavy atom. The highest BCUT2D eigenvalue weighted by atomic mass is 32.2. The maximum absolute atomic E-state index is 12.1. The predicted molar refractivity (Wildman–Crippen MR) is 92.6 cm³/mol. The number of rotatable bonds is 4. The molecule has 2 aromatic rings. The molecule has 0 spiro atoms. The van der Waals surface area contributed by atoms with Crippen LogP contribution in [-0.2, 0) is 4.79 Å². The summed E-state index contributed by atoms with van der Waals surface area (Å²) in [5.41, 5.74) is 1.74. The topological polar surface area (TPSA) is 44.7 Å². The van der Waals surface area contributed by atoms with E-state index in [4.69, 9.17) is 0 Å². The summed E-state index contributed by atoms with van der Waals surface area (Å²) >= 11 is 1.69. The van der Waals surface area contributed by atoms with Gasteiger partial charge >= 0.3 is 0 Å². The number of benzene rings is 2. The lowest BCUT2D eigenvalue weighted by molar-refractivity contribution is -0.116. The highest BCUT2D eigenvalue weighted by Crippen LogP contribution is 2.22. The number of nitrogens with zero attached hydrogens (tertiary/aromatic N) is 2. The van der Waals surface area contributed by atoms with E-state index in [1.54, 1.807) is 11.8 Å². The minimum atomic E-state index is -0.0190. The van der Waals surface area contributed by atoms with E-state index in [-0.39, 0.29) is 5.91 Å². The number of carbonyl (C=O) groups excluding carboxylic acids is 1. The summed E-state index contributed by atoms with van der Waals surface area (Å²) in [6.07, 6.45) is 0. The molecule has 22 heavy (non-hydrogen) atoms. The van der Waals surface area contributed by atoms with E-state index in [1.165, 1.54) is 0 Å². The summed E-state index contributed by atoms with van der Waals surface area (Å²) in [7, 11) is 0. The zero-order chi connectivity index (χ0) is 15.2. The molecule has 0 aliphatic carbocycles. The molecule has 4 nitrogen and oxygen atoms in total. The van der Waals surface area contributed by atoms with E-state index in [1.807, 2.05) is 65.6 Å². The van der Waals surface area contributed by atoms with Gasteiger partial charge in [0.05, 0.1) is 12.2 Å². The number of hydrogen-bond donors (Lipinski definition) is 1. The van der Waals surface area contributed by atoms with Crippen LogP contribution in [0.5, 0.6) is 0 Å². The molecule has 1 heterocycles. The lowest BCUT2D eigenvalue weighted by Gasteiger charge is -2.17. The van der Waals surface area contributed by atoms with Crippen molar-refractivity contribution in [3.8, 4) is 0 Å². The molecule has 1 amide bonds. The molecule has 0 bridgehead atoms. The Bertz CT molecular complexity index is 658. The van der Waals surface area contributed by atoms with E-state index in [0.717, 1.165) is 28.8 Å². The zero-order valence-corrected chi connectivity index (χ0v) is 12.9. The van der Waals surface area contributed by atoms with Crippen molar-refractivity contribution in [3.63, 3.8) is 0 Å². The molecule has 112 valence electrons. The Morgan fingerprint density at radius 3 is 2.50 bits per heavy atom. The summed E-state index contributed by atoms with van der Waals surface area (Å²) in [5, 5.41) is 3.82. The SMILES string of the molecule is O=C(CN1CCSC1=Nc1ccccc1)Nc1ccccc1. The van der Waals surface area contributed by atoms with Crippen LogP contribution >= 0.6 is 11.8 Å². The first-order valence-electron chi connectivity index (χ1n) is 7.18. The maximum Gasteiger partial charge on any atom is 0.243 e. The molecular weight excluding hydrogens is 294 g/mol. The van der Waals surface area contributed by atoms with Crippen molar-refractivity contribution >= 4 is 34.2 Å². The van der Waals surface area contributed by atoms with Crippen molar-refractivity contribution in [3.05, 3.63) is 60.7 Å². The highest BCUT2D eigenvalue weighted by molar-refractivity contribution is 8.14. The summed E-state index contributed by atoms with van der Waals surface area (Å²) in [6, 6.07) is 19.3. The third-order valence-corrected chi connectivity index (χ3v) is 4.23. The molecule has 0 aromatic heterocycles. The molecule has 0 saturated carbocycles. The summed E-state index contributed by atoms with van der Waals surface area (Å²) < 4.78 is 0. The Hall–Kier alpha value is -2.27. The zero-order valence-electron chi connectivity index (χ0n) is 12.1. The van der Waals surface area contributed by atoms with Gasteiger partial charge < -0.3 is 10.2 Å². The molecule has 0 radical (unpaired) electrons. The first kappa shape index (κ1) is 14.7. The van der Waals surface area contributed by atoms with E-state index in [0.29, 0.717) is 6.54 Å². The normalized spacial score (nSPS) is 16.0. The van der Waals surface area contributed by atoms with Gasteiger partial charge in [0.25, 0.3) is 0 Å². The van der Waals surface area contributed by atoms with E-state index >= 15 is 0 Å². The van der Waals surface area contributed by atoms with Crippen molar-refractivity contribution in [1.82, 2.24) is 4.90 Å². The van der Waals surface area contributed by atoms with Crippen LogP contribution in [0, 0.1) is 0 Å². The largest absolute Gasteiger partial charge is 0.341 e. The third kappa shape index (κ3) is 3.89. The van der Waals surface area contributed by atoms with Crippen LogP contribution < -0.4 is 5.32 Å². The van der Waals surface area contributed by atoms with Crippen molar-refractivity contribution in [2.45, 2.75) is 0 Å². The Labute approximate surface area is 134 Å². The molecular formula is C17H17N3OS. The second-order valence-corrected chi connectivity index (χ2v) is 5.98. The predicted octanol–water partition coefficient (Wildman–Crippen LogP) is 3.36. The number of hydrogen-bond acceptors (Lipinski definition) is 3. The van der Waals surface area contributed by atoms with Gasteiger partial charge in [-0.25, -0.2) is 4.99 Å². The monoisotopic (exact) mass is 311 g/mol. The first-order chi connectivity index (χ1) is 10.8. The van der Waals surface area contributed by atoms with E-state index in [9.17, 15) is 4.79 Å². The quantitative estimate of drug-likeness (QED) is 0.941. The van der Waals surface area contributed by atoms with E-state index < -0.39 is 0 Å². The van der Waals surface area contributed by atoms with Gasteiger partial charge in [-0.05, 0) is 24.3 Å². The Balaban J connectivity index is 1.64. The fourth-order valence-corrected chi connectivity index (χ4v) is 3.19. The summed E-state index contributed by atoms with van der Waals surface area (Å²) in [6.45, 7) is 1.17. The second kappa shape index (κ2) is 7.13. The van der Waals surface area contributed by atoms with Gasteiger partial charge in [-0.3, -0.25) is 4.79 Å². The molecule has 1 aliphatic rings. The van der Waals surface area contributed by atoms with Gasteiger partial charge in [-0.1, -0.05) is 48.2 Å². The van der Waals surface area contributed by atoms with Crippen LogP contribution in [0.4, 0.5) is 11.4 Å². The van der Waals surface area contributed by atoms with E-state index in [2.05, 4.69) is 10.3 Å². The van der Waals surface area contributed by atoms with Crippen LogP contribution in [0.1, 0.15) is 0 Å². The molecule has 0 atom stereocenters. The number of amides is 1. The number of thioether (sulfide) groups is 1. The molecule has 1 fully saturated rings. The summed E-state index contributed by atoms with van der Waals surface area (Å²) in [4.78, 5) is 18.8. The van der Waals surface area contributed by atoms with Crippen LogP contribution in [0.15, 0.2) is 65.7 Å². The van der Waals surface area contributed by atoms with Gasteiger partial charge in [0.1, 0.15) is 0 Å². The Morgan fingerprint density at radius 1 is 1.09 bits per heavy atom. The third-order valence-electron chi connectivity index (χ3n) is 3.24. The number of carbonyl (C=O) groups is 1. The standard InChI is InChI=1S/C17H17N3OS/c21-16(18-14-7-3-1-4-8-14)13-20-11-12-22-17(20)19-15-9-5-2-6-10-15/h1-10H,11-13H2,(H,18,21). The van der Waals surface area contributed by atoms with Crippen molar-refractivity contribution in [2.24, 2.45) is 4.99 Å². The fourth-order valence-electron chi connectivity index (χ4n) is 2.19. The van der Waals surface area contributed by atoms with Gasteiger partial charge in [0.2, 0.25) is 5.91 Å². The molecule has 0 unspecified atom stereocenters. The van der Waals surface area contributed by atoms with Gasteiger partial charge in [0.15, 0.2) is 5.17 Å². The minimum absolute atomic E-state index is 0.0190.